The molecule has 4 nitrogen and oxygen atoms in total. The van der Waals surface area contributed by atoms with E-state index < -0.39 is 5.60 Å². The van der Waals surface area contributed by atoms with Crippen molar-refractivity contribution in [3.05, 3.63) is 35.4 Å². The maximum absolute atomic E-state index is 12.7. The van der Waals surface area contributed by atoms with Crippen LogP contribution in [0.1, 0.15) is 49.5 Å². The highest BCUT2D eigenvalue weighted by Gasteiger charge is 2.43. The first-order valence-corrected chi connectivity index (χ1v) is 7.98. The van der Waals surface area contributed by atoms with Crippen LogP contribution in [0.15, 0.2) is 24.3 Å². The van der Waals surface area contributed by atoms with Crippen LogP contribution in [0.25, 0.3) is 0 Å². The van der Waals surface area contributed by atoms with Crippen molar-refractivity contribution in [1.82, 2.24) is 4.90 Å². The van der Waals surface area contributed by atoms with Gasteiger partial charge < -0.3 is 9.64 Å². The van der Waals surface area contributed by atoms with Crippen molar-refractivity contribution < 1.29 is 14.3 Å². The Kier molecular flexibility index (Phi) is 3.71. The van der Waals surface area contributed by atoms with Gasteiger partial charge in [-0.05, 0) is 45.6 Å². The van der Waals surface area contributed by atoms with E-state index in [2.05, 4.69) is 0 Å². The molecule has 0 saturated carbocycles. The molecule has 1 aliphatic heterocycles. The van der Waals surface area contributed by atoms with Crippen LogP contribution in [0.5, 0.6) is 0 Å². The number of ether oxygens (including phenoxy) is 1. The summed E-state index contributed by atoms with van der Waals surface area (Å²) in [5, 5.41) is 0. The van der Waals surface area contributed by atoms with Crippen molar-refractivity contribution in [1.29, 1.82) is 0 Å². The highest BCUT2D eigenvalue weighted by atomic mass is 16.6. The number of hydrogen-bond donors (Lipinski definition) is 0. The maximum Gasteiger partial charge on any atom is 0.410 e. The van der Waals surface area contributed by atoms with Gasteiger partial charge in [-0.3, -0.25) is 4.79 Å². The largest absolute Gasteiger partial charge is 0.444 e. The van der Waals surface area contributed by atoms with E-state index in [1.54, 1.807) is 4.90 Å². The zero-order valence-corrected chi connectivity index (χ0v) is 13.5. The molecule has 0 bridgehead atoms. The fraction of sp³-hybridized carbons (Fsp3) is 0.556. The van der Waals surface area contributed by atoms with E-state index in [1.165, 1.54) is 0 Å². The number of carbonyl (C=O) groups is 2. The molecule has 1 aliphatic carbocycles. The summed E-state index contributed by atoms with van der Waals surface area (Å²) in [6.07, 6.45) is 2.26. The number of rotatable bonds is 1. The van der Waals surface area contributed by atoms with Crippen molar-refractivity contribution in [2.24, 2.45) is 5.92 Å². The van der Waals surface area contributed by atoms with Crippen LogP contribution < -0.4 is 0 Å². The summed E-state index contributed by atoms with van der Waals surface area (Å²) in [5.41, 5.74) is 1.42. The third kappa shape index (κ3) is 2.74. The first-order valence-electron chi connectivity index (χ1n) is 7.98. The van der Waals surface area contributed by atoms with Crippen LogP contribution in [-0.4, -0.2) is 35.0 Å². The summed E-state index contributed by atoms with van der Waals surface area (Å²) >= 11 is 0. The molecule has 1 amide bonds. The molecule has 1 heterocycles. The Labute approximate surface area is 131 Å². The number of carbonyl (C=O) groups excluding carboxylic acids is 2. The molecule has 1 fully saturated rings. The van der Waals surface area contributed by atoms with Crippen LogP contribution in [0.3, 0.4) is 0 Å². The lowest BCUT2D eigenvalue weighted by molar-refractivity contribution is 0.0185. The molecule has 0 unspecified atom stereocenters. The number of amides is 1. The molecule has 0 N–H and O–H groups in total. The van der Waals surface area contributed by atoms with Gasteiger partial charge in [0.1, 0.15) is 5.60 Å². The van der Waals surface area contributed by atoms with Crippen LogP contribution in [0, 0.1) is 5.92 Å². The molecule has 1 aromatic rings. The van der Waals surface area contributed by atoms with E-state index in [4.69, 9.17) is 4.74 Å². The molecular formula is C18H23NO3. The molecule has 0 radical (unpaired) electrons. The van der Waals surface area contributed by atoms with Gasteiger partial charge in [0.15, 0.2) is 5.78 Å². The van der Waals surface area contributed by atoms with Crippen LogP contribution >= 0.6 is 0 Å². The number of nitrogens with zero attached hydrogens (tertiary/aromatic N) is 1. The molecular weight excluding hydrogens is 278 g/mol. The Morgan fingerprint density at radius 3 is 2.68 bits per heavy atom. The molecule has 118 valence electrons. The minimum absolute atomic E-state index is 0.0326. The maximum atomic E-state index is 12.7. The molecule has 1 saturated heterocycles. The monoisotopic (exact) mass is 301 g/mol. The summed E-state index contributed by atoms with van der Waals surface area (Å²) in [5.74, 6) is 0.0588. The van der Waals surface area contributed by atoms with Crippen LogP contribution in [-0.2, 0) is 11.2 Å². The van der Waals surface area contributed by atoms with Crippen molar-refractivity contribution in [3.63, 3.8) is 0 Å². The molecule has 0 aromatic heterocycles. The third-order valence-electron chi connectivity index (χ3n) is 4.45. The van der Waals surface area contributed by atoms with E-state index >= 15 is 0 Å². The van der Waals surface area contributed by atoms with Crippen LogP contribution in [0.4, 0.5) is 4.79 Å². The second-order valence-corrected chi connectivity index (χ2v) is 7.22. The van der Waals surface area contributed by atoms with Crippen LogP contribution in [0.2, 0.25) is 0 Å². The van der Waals surface area contributed by atoms with Gasteiger partial charge in [-0.1, -0.05) is 24.3 Å². The molecule has 3 rings (SSSR count). The van der Waals surface area contributed by atoms with Gasteiger partial charge in [-0.2, -0.15) is 0 Å². The second-order valence-electron chi connectivity index (χ2n) is 7.22. The number of fused-ring (bicyclic) bond motifs is 1. The average molecular weight is 301 g/mol. The molecule has 22 heavy (non-hydrogen) atoms. The molecule has 0 spiro atoms. The third-order valence-corrected chi connectivity index (χ3v) is 4.45. The van der Waals surface area contributed by atoms with Gasteiger partial charge in [0, 0.05) is 24.1 Å². The summed E-state index contributed by atoms with van der Waals surface area (Å²) in [7, 11) is 0. The predicted octanol–water partition coefficient (Wildman–Crippen LogP) is 3.44. The minimum Gasteiger partial charge on any atom is -0.444 e. The van der Waals surface area contributed by atoms with E-state index in [1.807, 2.05) is 45.0 Å². The molecule has 4 heteroatoms. The number of benzene rings is 1. The van der Waals surface area contributed by atoms with Gasteiger partial charge in [0.05, 0.1) is 0 Å². The summed E-state index contributed by atoms with van der Waals surface area (Å²) in [6.45, 7) is 6.28. The van der Waals surface area contributed by atoms with Crippen molar-refractivity contribution in [3.8, 4) is 0 Å². The quantitative estimate of drug-likeness (QED) is 0.798. The van der Waals surface area contributed by atoms with E-state index in [9.17, 15) is 9.59 Å². The Morgan fingerprint density at radius 1 is 1.27 bits per heavy atom. The SMILES string of the molecule is CC(C)(C)OC(=O)N1CCC[C@H]1[C@H]1Cc2ccccc2C1=O. The van der Waals surface area contributed by atoms with Crippen molar-refractivity contribution >= 4 is 11.9 Å². The van der Waals surface area contributed by atoms with Gasteiger partial charge in [-0.15, -0.1) is 0 Å². The van der Waals surface area contributed by atoms with Gasteiger partial charge in [-0.25, -0.2) is 4.79 Å². The lowest BCUT2D eigenvalue weighted by atomic mass is 9.93. The zero-order chi connectivity index (χ0) is 15.9. The summed E-state index contributed by atoms with van der Waals surface area (Å²) in [4.78, 5) is 26.8. The first-order chi connectivity index (χ1) is 10.4. The minimum atomic E-state index is -0.507. The number of hydrogen-bond acceptors (Lipinski definition) is 3. The zero-order valence-electron chi connectivity index (χ0n) is 13.5. The van der Waals surface area contributed by atoms with Gasteiger partial charge in [0.2, 0.25) is 0 Å². The number of likely N-dealkylation sites (tertiary alicyclic amines) is 1. The lowest BCUT2D eigenvalue weighted by Gasteiger charge is -2.31. The average Bonchev–Trinajstić information content (AvgIpc) is 3.02. The first kappa shape index (κ1) is 15.1. The Morgan fingerprint density at radius 2 is 2.00 bits per heavy atom. The highest BCUT2D eigenvalue weighted by molar-refractivity contribution is 6.02. The van der Waals surface area contributed by atoms with E-state index in [-0.39, 0.29) is 23.8 Å². The number of ketones is 1. The van der Waals surface area contributed by atoms with Gasteiger partial charge in [0.25, 0.3) is 0 Å². The normalized spacial score (nSPS) is 24.5. The van der Waals surface area contributed by atoms with Gasteiger partial charge >= 0.3 is 6.09 Å². The second kappa shape index (κ2) is 5.41. The molecule has 2 aliphatic rings. The Hall–Kier alpha value is -1.84. The standard InChI is InChI=1S/C18H23NO3/c1-18(2,3)22-17(21)19-10-6-9-15(19)14-11-12-7-4-5-8-13(12)16(14)20/h4-5,7-8,14-15H,6,9-11H2,1-3H3/t14-,15+/m1/s1. The topological polar surface area (TPSA) is 46.6 Å². The fourth-order valence-corrected chi connectivity index (χ4v) is 3.54. The smallest absolute Gasteiger partial charge is 0.410 e. The van der Waals surface area contributed by atoms with Crippen molar-refractivity contribution in [2.45, 2.75) is 51.7 Å². The Bertz CT molecular complexity index is 603. The molecule has 1 aromatic carbocycles. The van der Waals surface area contributed by atoms with Crippen molar-refractivity contribution in [2.75, 3.05) is 6.54 Å². The predicted molar refractivity (Wildman–Crippen MR) is 83.9 cm³/mol. The summed E-state index contributed by atoms with van der Waals surface area (Å²) < 4.78 is 5.50. The number of Topliss-reactive ketones (excluding diaryl/α,β-unsaturated/α-hetero) is 1. The fourth-order valence-electron chi connectivity index (χ4n) is 3.54. The Balaban J connectivity index is 1.78. The highest BCUT2D eigenvalue weighted by Crippen LogP contribution is 2.35. The van der Waals surface area contributed by atoms with E-state index in [0.29, 0.717) is 6.54 Å². The lowest BCUT2D eigenvalue weighted by Crippen LogP contribution is -2.44. The molecule has 2 atom stereocenters. The summed E-state index contributed by atoms with van der Waals surface area (Å²) in [6, 6.07) is 7.74. The van der Waals surface area contributed by atoms with E-state index in [0.717, 1.165) is 30.4 Å².